The van der Waals surface area contributed by atoms with Crippen LogP contribution in [0.2, 0.25) is 0 Å². The molecule has 0 aliphatic carbocycles. The molecular weight excluding hydrogens is 368 g/mol. The molecule has 22 heavy (non-hydrogen) atoms. The van der Waals surface area contributed by atoms with Crippen LogP contribution in [0, 0.1) is 0 Å². The van der Waals surface area contributed by atoms with Crippen molar-refractivity contribution < 1.29 is 98.7 Å². The minimum atomic E-state index is -6.93. The first-order valence-electron chi connectivity index (χ1n) is 4.07. The number of carbonyl (C=O) groups is 1. The summed E-state index contributed by atoms with van der Waals surface area (Å²) in [5.74, 6) is -10.3. The van der Waals surface area contributed by atoms with Gasteiger partial charge in [0.1, 0.15) is 0 Å². The average Bonchev–Trinajstić information content (AvgIpc) is 2.09. The quantitative estimate of drug-likeness (QED) is 0.553. The van der Waals surface area contributed by atoms with Gasteiger partial charge in [0.05, 0.1) is 0 Å². The molecule has 0 saturated heterocycles. The van der Waals surface area contributed by atoms with Gasteiger partial charge in [0.2, 0.25) is 0 Å². The van der Waals surface area contributed by atoms with E-state index in [1.165, 1.54) is 4.74 Å². The second-order valence-corrected chi connectivity index (χ2v) is 3.08. The summed E-state index contributed by atoms with van der Waals surface area (Å²) < 4.78 is 136. The third-order valence-electron chi connectivity index (χ3n) is 1.49. The van der Waals surface area contributed by atoms with Crippen LogP contribution in [0.5, 0.6) is 0 Å². The Morgan fingerprint density at radius 1 is 0.773 bits per heavy atom. The van der Waals surface area contributed by atoms with Crippen LogP contribution in [-0.2, 0) is 14.3 Å². The van der Waals surface area contributed by atoms with E-state index in [-0.39, 0.29) is 31.0 Å². The van der Waals surface area contributed by atoms with Gasteiger partial charge in [-0.2, -0.15) is 35.1 Å². The number of alkyl halides is 11. The van der Waals surface area contributed by atoms with Crippen LogP contribution < -0.4 is 29.6 Å². The Kier molecular flexibility index (Phi) is 7.19. The molecule has 0 aromatic carbocycles. The molecule has 0 heterocycles. The maximum absolute atomic E-state index is 12.8. The number of rotatable bonds is 5. The van der Waals surface area contributed by atoms with Crippen molar-refractivity contribution in [2.75, 3.05) is 0 Å². The Bertz CT molecular complexity index is 410. The van der Waals surface area contributed by atoms with Gasteiger partial charge in [-0.3, -0.25) is 4.74 Å². The van der Waals surface area contributed by atoms with Crippen LogP contribution >= 0.6 is 0 Å². The van der Waals surface area contributed by atoms with E-state index in [0.29, 0.717) is 0 Å². The Morgan fingerprint density at radius 3 is 1.32 bits per heavy atom. The maximum atomic E-state index is 12.8. The molecule has 4 nitrogen and oxygen atoms in total. The topological polar surface area (TPSA) is 55.8 Å². The van der Waals surface area contributed by atoms with E-state index in [1.807, 2.05) is 0 Å². The summed E-state index contributed by atoms with van der Waals surface area (Å²) in [5, 5.41) is 7.77. The Hall–Kier alpha value is -0.380. The number of ether oxygens (including phenoxy) is 2. The predicted molar refractivity (Wildman–Crippen MR) is 36.8 cm³/mol. The third kappa shape index (κ3) is 5.36. The van der Waals surface area contributed by atoms with Gasteiger partial charge in [0.15, 0.2) is 0 Å². The molecule has 0 aromatic heterocycles. The van der Waals surface area contributed by atoms with E-state index in [4.69, 9.17) is 5.11 Å². The van der Waals surface area contributed by atoms with Gasteiger partial charge in [-0.1, -0.05) is 0 Å². The van der Waals surface area contributed by atoms with Crippen molar-refractivity contribution in [3.8, 4) is 0 Å². The molecular formula is C6H2F11NaO4. The maximum Gasteiger partial charge on any atom is 1.00 e. The SMILES string of the molecule is O=C(O)C(F)(OC(F)(F)C(F)(F)OC(F)(F)F)C(F)(F)F.[H-].[Na+]. The fourth-order valence-electron chi connectivity index (χ4n) is 0.664. The van der Waals surface area contributed by atoms with Gasteiger partial charge in [-0.15, -0.1) is 13.2 Å². The third-order valence-corrected chi connectivity index (χ3v) is 1.49. The molecule has 0 amide bonds. The van der Waals surface area contributed by atoms with E-state index >= 15 is 0 Å². The molecule has 0 bridgehead atoms. The molecule has 0 saturated carbocycles. The molecule has 0 radical (unpaired) electrons. The minimum Gasteiger partial charge on any atom is -1.00 e. The summed E-state index contributed by atoms with van der Waals surface area (Å²) >= 11 is 0. The number of carboxylic acids is 1. The van der Waals surface area contributed by atoms with Crippen molar-refractivity contribution in [3.05, 3.63) is 0 Å². The molecule has 0 aliphatic heterocycles. The smallest absolute Gasteiger partial charge is 1.00 e. The summed E-state index contributed by atoms with van der Waals surface area (Å²) in [6, 6.07) is 0. The van der Waals surface area contributed by atoms with Crippen molar-refractivity contribution >= 4 is 5.97 Å². The summed E-state index contributed by atoms with van der Waals surface area (Å²) in [7, 11) is 0. The molecule has 1 N–H and O–H groups in total. The van der Waals surface area contributed by atoms with Gasteiger partial charge >= 0.3 is 66.1 Å². The molecule has 1 atom stereocenters. The van der Waals surface area contributed by atoms with Crippen molar-refractivity contribution in [1.29, 1.82) is 0 Å². The van der Waals surface area contributed by atoms with Crippen LogP contribution in [0.4, 0.5) is 48.3 Å². The number of aliphatic carboxylic acids is 1. The fraction of sp³-hybridized carbons (Fsp3) is 0.833. The van der Waals surface area contributed by atoms with Crippen LogP contribution in [0.25, 0.3) is 0 Å². The van der Waals surface area contributed by atoms with Crippen molar-refractivity contribution in [2.24, 2.45) is 0 Å². The first-order valence-corrected chi connectivity index (χ1v) is 4.07. The summed E-state index contributed by atoms with van der Waals surface area (Å²) in [6.07, 6.45) is -27.1. The predicted octanol–water partition coefficient (Wildman–Crippen LogP) is 0.154. The van der Waals surface area contributed by atoms with E-state index in [2.05, 4.69) is 0 Å². The van der Waals surface area contributed by atoms with Gasteiger partial charge < -0.3 is 6.53 Å². The van der Waals surface area contributed by atoms with Crippen LogP contribution in [-0.4, -0.2) is 41.7 Å². The number of hydrogen-bond acceptors (Lipinski definition) is 3. The van der Waals surface area contributed by atoms with Gasteiger partial charge in [0.25, 0.3) is 0 Å². The van der Waals surface area contributed by atoms with Crippen LogP contribution in [0.15, 0.2) is 0 Å². The second-order valence-electron chi connectivity index (χ2n) is 3.08. The van der Waals surface area contributed by atoms with Crippen molar-refractivity contribution in [3.63, 3.8) is 0 Å². The first-order chi connectivity index (χ1) is 8.86. The van der Waals surface area contributed by atoms with E-state index in [0.717, 1.165) is 0 Å². The van der Waals surface area contributed by atoms with Gasteiger partial charge in [0, 0.05) is 0 Å². The van der Waals surface area contributed by atoms with Gasteiger partial charge in [-0.05, 0) is 0 Å². The first kappa shape index (κ1) is 23.9. The standard InChI is InChI=1S/C6HF11O4.Na.H/c7-2(1(18)19,3(8,9)10)20-4(11,12)5(13,14)21-6(15,16)17;;/h(H,18,19);;/q;+1;-1. The Labute approximate surface area is 135 Å². The number of hydrogen-bond donors (Lipinski definition) is 1. The molecule has 0 rings (SSSR count). The zero-order chi connectivity index (χ0) is 17.5. The van der Waals surface area contributed by atoms with Gasteiger partial charge in [-0.25, -0.2) is 9.53 Å². The van der Waals surface area contributed by atoms with Crippen LogP contribution in [0.3, 0.4) is 0 Å². The second kappa shape index (κ2) is 6.62. The normalized spacial score (nSPS) is 16.7. The zero-order valence-corrected chi connectivity index (χ0v) is 11.8. The molecule has 0 aliphatic rings. The van der Waals surface area contributed by atoms with Crippen LogP contribution in [0.1, 0.15) is 1.43 Å². The largest absolute Gasteiger partial charge is 1.00 e. The molecule has 0 spiro atoms. The zero-order valence-electron chi connectivity index (χ0n) is 10.8. The van der Waals surface area contributed by atoms with E-state index < -0.39 is 36.6 Å². The average molecular weight is 370 g/mol. The molecule has 1 unspecified atom stereocenters. The Balaban J connectivity index is -0.00000200. The summed E-state index contributed by atoms with van der Waals surface area (Å²) in [5.41, 5.74) is 0. The van der Waals surface area contributed by atoms with Crippen molar-refractivity contribution in [1.82, 2.24) is 0 Å². The number of carboxylic acid groups (broad SMARTS) is 1. The van der Waals surface area contributed by atoms with E-state index in [9.17, 15) is 53.1 Å². The summed E-state index contributed by atoms with van der Waals surface area (Å²) in [6.45, 7) is 0. The molecule has 0 aromatic rings. The minimum absolute atomic E-state index is 0. The summed E-state index contributed by atoms with van der Waals surface area (Å²) in [4.78, 5) is 9.90. The molecule has 0 fully saturated rings. The molecule has 16 heteroatoms. The monoisotopic (exact) mass is 370 g/mol. The number of halogens is 11. The fourth-order valence-corrected chi connectivity index (χ4v) is 0.664. The molecule has 128 valence electrons. The van der Waals surface area contributed by atoms with E-state index in [1.54, 1.807) is 4.74 Å². The van der Waals surface area contributed by atoms with Crippen molar-refractivity contribution in [2.45, 2.75) is 30.6 Å². The Morgan fingerprint density at radius 2 is 1.09 bits per heavy atom.